The standard InChI is InChI=1S/C8H8ClN5O2S/c1-14-7(2-3-12-14)13-17(15,16)6-4-10-8(9)11-5-6/h2-5,13H,1H3. The van der Waals surface area contributed by atoms with Crippen molar-refractivity contribution in [2.24, 2.45) is 7.05 Å². The van der Waals surface area contributed by atoms with E-state index in [-0.39, 0.29) is 10.2 Å². The summed E-state index contributed by atoms with van der Waals surface area (Å²) in [6.45, 7) is 0. The Labute approximate surface area is 103 Å². The molecule has 9 heteroatoms. The first-order chi connectivity index (χ1) is 7.99. The first-order valence-corrected chi connectivity index (χ1v) is 6.33. The highest BCUT2D eigenvalue weighted by Crippen LogP contribution is 2.13. The number of rotatable bonds is 3. The number of nitrogens with zero attached hydrogens (tertiary/aromatic N) is 4. The summed E-state index contributed by atoms with van der Waals surface area (Å²) in [4.78, 5) is 7.15. The zero-order valence-electron chi connectivity index (χ0n) is 8.70. The van der Waals surface area contributed by atoms with Gasteiger partial charge in [-0.2, -0.15) is 5.10 Å². The van der Waals surface area contributed by atoms with E-state index in [0.29, 0.717) is 5.82 Å². The number of nitrogens with one attached hydrogen (secondary N) is 1. The Morgan fingerprint density at radius 2 is 2.00 bits per heavy atom. The molecule has 0 saturated heterocycles. The van der Waals surface area contributed by atoms with Crippen LogP contribution in [0, 0.1) is 0 Å². The van der Waals surface area contributed by atoms with Gasteiger partial charge in [0.15, 0.2) is 0 Å². The van der Waals surface area contributed by atoms with E-state index in [0.717, 1.165) is 12.4 Å². The second kappa shape index (κ2) is 4.30. The molecule has 0 atom stereocenters. The molecule has 1 N–H and O–H groups in total. The normalized spacial score (nSPS) is 11.4. The average Bonchev–Trinajstić information content (AvgIpc) is 2.64. The second-order valence-electron chi connectivity index (χ2n) is 3.13. The lowest BCUT2D eigenvalue weighted by atomic mass is 10.7. The van der Waals surface area contributed by atoms with Crippen LogP contribution < -0.4 is 4.72 Å². The highest BCUT2D eigenvalue weighted by atomic mass is 35.5. The summed E-state index contributed by atoms with van der Waals surface area (Å²) < 4.78 is 27.5. The van der Waals surface area contributed by atoms with Crippen LogP contribution in [0.25, 0.3) is 0 Å². The summed E-state index contributed by atoms with van der Waals surface area (Å²) in [6.07, 6.45) is 3.75. The van der Waals surface area contributed by atoms with E-state index in [1.807, 2.05) is 0 Å². The third-order valence-electron chi connectivity index (χ3n) is 1.97. The number of anilines is 1. The van der Waals surface area contributed by atoms with Gasteiger partial charge in [0.25, 0.3) is 10.0 Å². The Balaban J connectivity index is 2.31. The Morgan fingerprint density at radius 3 is 2.53 bits per heavy atom. The third kappa shape index (κ3) is 2.53. The molecule has 90 valence electrons. The molecular formula is C8H8ClN5O2S. The second-order valence-corrected chi connectivity index (χ2v) is 5.15. The number of halogens is 1. The lowest BCUT2D eigenvalue weighted by Crippen LogP contribution is -2.15. The van der Waals surface area contributed by atoms with Gasteiger partial charge in [-0.25, -0.2) is 18.4 Å². The van der Waals surface area contributed by atoms with Crippen molar-refractivity contribution >= 4 is 27.4 Å². The zero-order chi connectivity index (χ0) is 12.5. The predicted molar refractivity (Wildman–Crippen MR) is 61.1 cm³/mol. The van der Waals surface area contributed by atoms with E-state index in [1.165, 1.54) is 16.9 Å². The Kier molecular flexibility index (Phi) is 2.99. The quantitative estimate of drug-likeness (QED) is 0.830. The van der Waals surface area contributed by atoms with E-state index in [2.05, 4.69) is 19.8 Å². The van der Waals surface area contributed by atoms with Crippen molar-refractivity contribution in [2.75, 3.05) is 4.72 Å². The number of aromatic nitrogens is 4. The molecule has 0 saturated carbocycles. The Hall–Kier alpha value is -1.67. The van der Waals surface area contributed by atoms with Crippen LogP contribution in [0.4, 0.5) is 5.82 Å². The molecule has 0 aromatic carbocycles. The van der Waals surface area contributed by atoms with Gasteiger partial charge < -0.3 is 0 Å². The van der Waals surface area contributed by atoms with Crippen LogP contribution >= 0.6 is 11.6 Å². The highest BCUT2D eigenvalue weighted by molar-refractivity contribution is 7.92. The van der Waals surface area contributed by atoms with Crippen molar-refractivity contribution in [2.45, 2.75) is 4.90 Å². The molecule has 2 aromatic heterocycles. The Morgan fingerprint density at radius 1 is 1.35 bits per heavy atom. The van der Waals surface area contributed by atoms with Crippen molar-refractivity contribution in [3.63, 3.8) is 0 Å². The van der Waals surface area contributed by atoms with Crippen molar-refractivity contribution in [1.29, 1.82) is 0 Å². The van der Waals surface area contributed by atoms with Crippen LogP contribution in [0.3, 0.4) is 0 Å². The number of hydrogen-bond donors (Lipinski definition) is 1. The van der Waals surface area contributed by atoms with E-state index in [1.54, 1.807) is 7.05 Å². The van der Waals surface area contributed by atoms with Crippen LogP contribution in [0.15, 0.2) is 29.6 Å². The molecule has 2 heterocycles. The summed E-state index contributed by atoms with van der Waals surface area (Å²) in [5.41, 5.74) is 0. The number of aryl methyl sites for hydroxylation is 1. The fourth-order valence-electron chi connectivity index (χ4n) is 1.11. The molecule has 0 amide bonds. The Bertz CT molecular complexity index is 622. The molecule has 17 heavy (non-hydrogen) atoms. The van der Waals surface area contributed by atoms with E-state index in [4.69, 9.17) is 11.6 Å². The fourth-order valence-corrected chi connectivity index (χ4v) is 2.18. The minimum atomic E-state index is -3.72. The predicted octanol–water partition coefficient (Wildman–Crippen LogP) is 0.664. The average molecular weight is 274 g/mol. The number of sulfonamides is 1. The topological polar surface area (TPSA) is 89.8 Å². The van der Waals surface area contributed by atoms with E-state index in [9.17, 15) is 8.42 Å². The maximum atomic E-state index is 11.9. The fraction of sp³-hybridized carbons (Fsp3) is 0.125. The van der Waals surface area contributed by atoms with Gasteiger partial charge in [-0.1, -0.05) is 0 Å². The minimum absolute atomic E-state index is 0.00974. The molecule has 2 aromatic rings. The molecule has 0 unspecified atom stereocenters. The van der Waals surface area contributed by atoms with Crippen molar-refractivity contribution in [3.8, 4) is 0 Å². The molecule has 0 aliphatic rings. The van der Waals surface area contributed by atoms with E-state index >= 15 is 0 Å². The van der Waals surface area contributed by atoms with Gasteiger partial charge in [0.2, 0.25) is 5.28 Å². The monoisotopic (exact) mass is 273 g/mol. The zero-order valence-corrected chi connectivity index (χ0v) is 10.3. The van der Waals surface area contributed by atoms with Gasteiger partial charge in [-0.15, -0.1) is 0 Å². The van der Waals surface area contributed by atoms with Gasteiger partial charge in [0.1, 0.15) is 10.7 Å². The first kappa shape index (κ1) is 11.8. The van der Waals surface area contributed by atoms with Crippen LogP contribution in [0.2, 0.25) is 5.28 Å². The van der Waals surface area contributed by atoms with Crippen LogP contribution in [0.1, 0.15) is 0 Å². The smallest absolute Gasteiger partial charge is 0.263 e. The molecule has 0 bridgehead atoms. The summed E-state index contributed by atoms with van der Waals surface area (Å²) in [6, 6.07) is 1.54. The summed E-state index contributed by atoms with van der Waals surface area (Å²) in [7, 11) is -2.10. The van der Waals surface area contributed by atoms with Crippen LogP contribution in [-0.4, -0.2) is 28.2 Å². The van der Waals surface area contributed by atoms with Gasteiger partial charge in [-0.05, 0) is 11.6 Å². The molecule has 0 spiro atoms. The SMILES string of the molecule is Cn1nccc1NS(=O)(=O)c1cnc(Cl)nc1. The largest absolute Gasteiger partial charge is 0.266 e. The van der Waals surface area contributed by atoms with Crippen molar-refractivity contribution in [3.05, 3.63) is 29.9 Å². The molecule has 2 rings (SSSR count). The lowest BCUT2D eigenvalue weighted by molar-refractivity contribution is 0.599. The van der Waals surface area contributed by atoms with Crippen LogP contribution in [-0.2, 0) is 17.1 Å². The first-order valence-electron chi connectivity index (χ1n) is 4.47. The van der Waals surface area contributed by atoms with E-state index < -0.39 is 10.0 Å². The van der Waals surface area contributed by atoms with Gasteiger partial charge in [0, 0.05) is 13.1 Å². The lowest BCUT2D eigenvalue weighted by Gasteiger charge is -2.06. The molecule has 7 nitrogen and oxygen atoms in total. The van der Waals surface area contributed by atoms with Gasteiger partial charge in [0.05, 0.1) is 18.6 Å². The maximum absolute atomic E-state index is 11.9. The van der Waals surface area contributed by atoms with Gasteiger partial charge in [-0.3, -0.25) is 9.40 Å². The summed E-state index contributed by atoms with van der Waals surface area (Å²) in [5.74, 6) is 0.347. The minimum Gasteiger partial charge on any atom is -0.263 e. The molecular weight excluding hydrogens is 266 g/mol. The maximum Gasteiger partial charge on any atom is 0.266 e. The molecule has 0 fully saturated rings. The third-order valence-corrected chi connectivity index (χ3v) is 3.47. The summed E-state index contributed by atoms with van der Waals surface area (Å²) >= 11 is 5.48. The van der Waals surface area contributed by atoms with Gasteiger partial charge >= 0.3 is 0 Å². The van der Waals surface area contributed by atoms with Crippen molar-refractivity contribution in [1.82, 2.24) is 19.7 Å². The molecule has 0 aliphatic heterocycles. The summed E-state index contributed by atoms with van der Waals surface area (Å²) in [5, 5.41) is 3.84. The molecule has 0 aliphatic carbocycles. The van der Waals surface area contributed by atoms with Crippen molar-refractivity contribution < 1.29 is 8.42 Å². The number of hydrogen-bond acceptors (Lipinski definition) is 5. The molecule has 0 radical (unpaired) electrons. The van der Waals surface area contributed by atoms with Crippen LogP contribution in [0.5, 0.6) is 0 Å². The highest BCUT2D eigenvalue weighted by Gasteiger charge is 2.16.